The van der Waals surface area contributed by atoms with Crippen LogP contribution in [-0.2, 0) is 10.0 Å². The Bertz CT molecular complexity index is 856. The van der Waals surface area contributed by atoms with Gasteiger partial charge in [0.15, 0.2) is 0 Å². The van der Waals surface area contributed by atoms with Crippen molar-refractivity contribution < 1.29 is 12.8 Å². The third-order valence-electron chi connectivity index (χ3n) is 4.59. The number of benzene rings is 1. The van der Waals surface area contributed by atoms with Gasteiger partial charge in [-0.15, -0.1) is 10.2 Å². The molecule has 1 fully saturated rings. The zero-order chi connectivity index (χ0) is 18.2. The highest BCUT2D eigenvalue weighted by Crippen LogP contribution is 2.32. The van der Waals surface area contributed by atoms with Gasteiger partial charge in [-0.2, -0.15) is 4.31 Å². The molecule has 0 unspecified atom stereocenters. The molecular weight excluding hydrogens is 362 g/mol. The molecule has 2 heterocycles. The molecule has 0 aliphatic carbocycles. The van der Waals surface area contributed by atoms with Crippen LogP contribution in [0.2, 0.25) is 5.02 Å². The molecule has 0 spiro atoms. The quantitative estimate of drug-likeness (QED) is 0.804. The lowest BCUT2D eigenvalue weighted by Gasteiger charge is -2.30. The maximum absolute atomic E-state index is 12.9. The molecule has 0 radical (unpaired) electrons. The van der Waals surface area contributed by atoms with E-state index in [1.807, 2.05) is 13.8 Å². The molecule has 3 rings (SSSR count). The third kappa shape index (κ3) is 3.59. The predicted octanol–water partition coefficient (Wildman–Crippen LogP) is 3.72. The van der Waals surface area contributed by atoms with E-state index in [-0.39, 0.29) is 16.7 Å². The minimum atomic E-state index is -3.55. The van der Waals surface area contributed by atoms with Gasteiger partial charge in [-0.25, -0.2) is 8.42 Å². The summed E-state index contributed by atoms with van der Waals surface area (Å²) in [7, 11) is -3.55. The van der Waals surface area contributed by atoms with Crippen LogP contribution in [0.25, 0.3) is 0 Å². The SMILES string of the molecule is Cc1c(Cl)cccc1S(=O)(=O)N1CCC(c2nnc(C(C)C)o2)CC1. The van der Waals surface area contributed by atoms with E-state index < -0.39 is 10.0 Å². The number of halogens is 1. The molecule has 1 aliphatic rings. The van der Waals surface area contributed by atoms with Gasteiger partial charge >= 0.3 is 0 Å². The maximum atomic E-state index is 12.9. The van der Waals surface area contributed by atoms with Crippen molar-refractivity contribution in [2.45, 2.75) is 50.3 Å². The topological polar surface area (TPSA) is 76.3 Å². The third-order valence-corrected chi connectivity index (χ3v) is 7.04. The van der Waals surface area contributed by atoms with E-state index in [9.17, 15) is 8.42 Å². The highest BCUT2D eigenvalue weighted by molar-refractivity contribution is 7.89. The molecule has 0 N–H and O–H groups in total. The van der Waals surface area contributed by atoms with Crippen LogP contribution in [0.5, 0.6) is 0 Å². The van der Waals surface area contributed by atoms with E-state index in [0.29, 0.717) is 48.3 Å². The van der Waals surface area contributed by atoms with Gasteiger partial charge in [0.25, 0.3) is 0 Å². The molecule has 0 bridgehead atoms. The first-order valence-corrected chi connectivity index (χ1v) is 10.2. The van der Waals surface area contributed by atoms with Gasteiger partial charge in [-0.3, -0.25) is 0 Å². The minimum Gasteiger partial charge on any atom is -0.425 e. The number of piperidine rings is 1. The first kappa shape index (κ1) is 18.4. The molecule has 0 atom stereocenters. The number of hydrogen-bond acceptors (Lipinski definition) is 5. The molecule has 1 aromatic carbocycles. The normalized spacial score (nSPS) is 17.3. The molecule has 6 nitrogen and oxygen atoms in total. The molecule has 0 saturated carbocycles. The Labute approximate surface area is 153 Å². The van der Waals surface area contributed by atoms with Gasteiger partial charge in [0, 0.05) is 29.9 Å². The van der Waals surface area contributed by atoms with Gasteiger partial charge in [0.1, 0.15) is 0 Å². The van der Waals surface area contributed by atoms with E-state index in [4.69, 9.17) is 16.0 Å². The van der Waals surface area contributed by atoms with E-state index >= 15 is 0 Å². The Balaban J connectivity index is 1.74. The summed E-state index contributed by atoms with van der Waals surface area (Å²) in [6, 6.07) is 4.97. The van der Waals surface area contributed by atoms with Crippen molar-refractivity contribution in [2.75, 3.05) is 13.1 Å². The largest absolute Gasteiger partial charge is 0.425 e. The van der Waals surface area contributed by atoms with Crippen LogP contribution in [0.4, 0.5) is 0 Å². The lowest BCUT2D eigenvalue weighted by atomic mass is 9.98. The van der Waals surface area contributed by atoms with Gasteiger partial charge in [-0.1, -0.05) is 31.5 Å². The number of hydrogen-bond donors (Lipinski definition) is 0. The van der Waals surface area contributed by atoms with Crippen molar-refractivity contribution >= 4 is 21.6 Å². The van der Waals surface area contributed by atoms with E-state index in [1.165, 1.54) is 4.31 Å². The molecule has 136 valence electrons. The maximum Gasteiger partial charge on any atom is 0.243 e. The van der Waals surface area contributed by atoms with Crippen LogP contribution in [0.15, 0.2) is 27.5 Å². The minimum absolute atomic E-state index is 0.104. The summed E-state index contributed by atoms with van der Waals surface area (Å²) in [5, 5.41) is 8.66. The van der Waals surface area contributed by atoms with Gasteiger partial charge < -0.3 is 4.42 Å². The fraction of sp³-hybridized carbons (Fsp3) is 0.529. The summed E-state index contributed by atoms with van der Waals surface area (Å²) in [4.78, 5) is 0.276. The summed E-state index contributed by atoms with van der Waals surface area (Å²) in [5.74, 6) is 1.53. The fourth-order valence-corrected chi connectivity index (χ4v) is 4.94. The summed E-state index contributed by atoms with van der Waals surface area (Å²) >= 11 is 6.08. The van der Waals surface area contributed by atoms with Gasteiger partial charge in [0.05, 0.1) is 4.90 Å². The zero-order valence-corrected chi connectivity index (χ0v) is 16.1. The van der Waals surface area contributed by atoms with Gasteiger partial charge in [0.2, 0.25) is 21.8 Å². The highest BCUT2D eigenvalue weighted by atomic mass is 35.5. The Morgan fingerprint density at radius 2 is 1.92 bits per heavy atom. The number of aromatic nitrogens is 2. The average molecular weight is 384 g/mol. The Morgan fingerprint density at radius 3 is 2.52 bits per heavy atom. The number of sulfonamides is 1. The lowest BCUT2D eigenvalue weighted by Crippen LogP contribution is -2.38. The van der Waals surface area contributed by atoms with Crippen molar-refractivity contribution in [3.8, 4) is 0 Å². The van der Waals surface area contributed by atoms with Crippen LogP contribution in [0, 0.1) is 6.92 Å². The second-order valence-corrected chi connectivity index (χ2v) is 8.99. The molecule has 1 aromatic heterocycles. The Hall–Kier alpha value is -1.44. The van der Waals surface area contributed by atoms with E-state index in [0.717, 1.165) is 0 Å². The predicted molar refractivity (Wildman–Crippen MR) is 95.3 cm³/mol. The Kier molecular flexibility index (Phi) is 5.18. The standard InChI is InChI=1S/C17H22ClN3O3S/c1-11(2)16-19-20-17(24-16)13-7-9-21(10-8-13)25(22,23)15-6-4-5-14(18)12(15)3/h4-6,11,13H,7-10H2,1-3H3. The van der Waals surface area contributed by atoms with Gasteiger partial charge in [-0.05, 0) is 37.5 Å². The van der Waals surface area contributed by atoms with Crippen molar-refractivity contribution in [3.05, 3.63) is 40.6 Å². The molecular formula is C17H22ClN3O3S. The second-order valence-electron chi connectivity index (χ2n) is 6.67. The molecule has 0 amide bonds. The van der Waals surface area contributed by atoms with Crippen molar-refractivity contribution in [1.82, 2.24) is 14.5 Å². The number of rotatable bonds is 4. The summed E-state index contributed by atoms with van der Waals surface area (Å²) < 4.78 is 33.1. The van der Waals surface area contributed by atoms with Crippen molar-refractivity contribution in [3.63, 3.8) is 0 Å². The van der Waals surface area contributed by atoms with E-state index in [2.05, 4.69) is 10.2 Å². The zero-order valence-electron chi connectivity index (χ0n) is 14.6. The van der Waals surface area contributed by atoms with Crippen LogP contribution in [0.3, 0.4) is 0 Å². The van der Waals surface area contributed by atoms with Crippen LogP contribution < -0.4 is 0 Å². The first-order valence-electron chi connectivity index (χ1n) is 8.39. The molecule has 8 heteroatoms. The number of nitrogens with zero attached hydrogens (tertiary/aromatic N) is 3. The van der Waals surface area contributed by atoms with Crippen molar-refractivity contribution in [2.24, 2.45) is 0 Å². The van der Waals surface area contributed by atoms with E-state index in [1.54, 1.807) is 25.1 Å². The summed E-state index contributed by atoms with van der Waals surface area (Å²) in [5.41, 5.74) is 0.588. The smallest absolute Gasteiger partial charge is 0.243 e. The van der Waals surface area contributed by atoms with Crippen LogP contribution >= 0.6 is 11.6 Å². The Morgan fingerprint density at radius 1 is 1.24 bits per heavy atom. The molecule has 1 aliphatic heterocycles. The molecule has 2 aromatic rings. The highest BCUT2D eigenvalue weighted by Gasteiger charge is 2.33. The fourth-order valence-electron chi connectivity index (χ4n) is 2.99. The first-order chi connectivity index (χ1) is 11.8. The molecule has 25 heavy (non-hydrogen) atoms. The molecule has 1 saturated heterocycles. The van der Waals surface area contributed by atoms with Crippen LogP contribution in [-0.4, -0.2) is 36.0 Å². The average Bonchev–Trinajstić information content (AvgIpc) is 3.07. The van der Waals surface area contributed by atoms with Crippen LogP contribution in [0.1, 0.15) is 55.9 Å². The monoisotopic (exact) mass is 383 g/mol. The lowest BCUT2D eigenvalue weighted by molar-refractivity contribution is 0.285. The second kappa shape index (κ2) is 7.05. The summed E-state index contributed by atoms with van der Waals surface area (Å²) in [6.45, 7) is 6.59. The summed E-state index contributed by atoms with van der Waals surface area (Å²) in [6.07, 6.45) is 1.33. The van der Waals surface area contributed by atoms with Crippen molar-refractivity contribution in [1.29, 1.82) is 0 Å².